The first-order chi connectivity index (χ1) is 9.71. The third-order valence-corrected chi connectivity index (χ3v) is 3.95. The molecule has 0 saturated heterocycles. The standard InChI is InChI=1S/C16H22O4/c1-18-13-10-15(20-3)14(19-2)9-12(13)16(17)11-7-5-4-6-8-11/h9-11H,4-8H2,1-3H3. The molecule has 1 fully saturated rings. The molecule has 0 amide bonds. The summed E-state index contributed by atoms with van der Waals surface area (Å²) < 4.78 is 15.9. The fourth-order valence-electron chi connectivity index (χ4n) is 2.81. The number of hydrogen-bond donors (Lipinski definition) is 0. The lowest BCUT2D eigenvalue weighted by Gasteiger charge is -2.22. The highest BCUT2D eigenvalue weighted by Gasteiger charge is 2.26. The molecule has 1 aromatic carbocycles. The second-order valence-corrected chi connectivity index (χ2v) is 5.11. The molecule has 4 heteroatoms. The molecule has 0 spiro atoms. The van der Waals surface area contributed by atoms with Crippen molar-refractivity contribution in [2.24, 2.45) is 5.92 Å². The summed E-state index contributed by atoms with van der Waals surface area (Å²) in [5.41, 5.74) is 0.594. The van der Waals surface area contributed by atoms with Gasteiger partial charge >= 0.3 is 0 Å². The van der Waals surface area contributed by atoms with E-state index >= 15 is 0 Å². The van der Waals surface area contributed by atoms with Crippen molar-refractivity contribution in [2.45, 2.75) is 32.1 Å². The van der Waals surface area contributed by atoms with E-state index in [1.54, 1.807) is 33.5 Å². The summed E-state index contributed by atoms with van der Waals surface area (Å²) in [6, 6.07) is 3.45. The molecule has 0 unspecified atom stereocenters. The molecule has 0 N–H and O–H groups in total. The lowest BCUT2D eigenvalue weighted by Crippen LogP contribution is -2.18. The predicted octanol–water partition coefficient (Wildman–Crippen LogP) is 3.48. The van der Waals surface area contributed by atoms with Gasteiger partial charge in [-0.05, 0) is 18.9 Å². The van der Waals surface area contributed by atoms with Crippen LogP contribution >= 0.6 is 0 Å². The second kappa shape index (κ2) is 6.64. The summed E-state index contributed by atoms with van der Waals surface area (Å²) in [6.07, 6.45) is 5.43. The van der Waals surface area contributed by atoms with Crippen molar-refractivity contribution in [1.82, 2.24) is 0 Å². The van der Waals surface area contributed by atoms with Crippen molar-refractivity contribution in [3.8, 4) is 17.2 Å². The maximum absolute atomic E-state index is 12.7. The highest BCUT2D eigenvalue weighted by molar-refractivity contribution is 6.01. The monoisotopic (exact) mass is 278 g/mol. The average Bonchev–Trinajstić information content (AvgIpc) is 2.53. The normalized spacial score (nSPS) is 15.8. The zero-order chi connectivity index (χ0) is 14.5. The zero-order valence-electron chi connectivity index (χ0n) is 12.4. The Bertz CT molecular complexity index is 476. The van der Waals surface area contributed by atoms with Crippen LogP contribution in [0.3, 0.4) is 0 Å². The van der Waals surface area contributed by atoms with Crippen LogP contribution in [-0.2, 0) is 0 Å². The predicted molar refractivity (Wildman–Crippen MR) is 77.0 cm³/mol. The minimum atomic E-state index is 0.107. The lowest BCUT2D eigenvalue weighted by molar-refractivity contribution is 0.0886. The molecular formula is C16H22O4. The van der Waals surface area contributed by atoms with Crippen molar-refractivity contribution < 1.29 is 19.0 Å². The molecule has 1 aliphatic carbocycles. The van der Waals surface area contributed by atoms with E-state index < -0.39 is 0 Å². The zero-order valence-corrected chi connectivity index (χ0v) is 12.4. The van der Waals surface area contributed by atoms with Crippen LogP contribution in [0.15, 0.2) is 12.1 Å². The third kappa shape index (κ3) is 2.89. The van der Waals surface area contributed by atoms with E-state index in [1.807, 2.05) is 0 Å². The molecule has 0 bridgehead atoms. The van der Waals surface area contributed by atoms with Crippen molar-refractivity contribution in [3.63, 3.8) is 0 Å². The van der Waals surface area contributed by atoms with Gasteiger partial charge in [-0.25, -0.2) is 0 Å². The van der Waals surface area contributed by atoms with Crippen LogP contribution in [0.1, 0.15) is 42.5 Å². The Morgan fingerprint density at radius 2 is 1.45 bits per heavy atom. The van der Waals surface area contributed by atoms with Crippen LogP contribution in [0.4, 0.5) is 0 Å². The highest BCUT2D eigenvalue weighted by Crippen LogP contribution is 2.37. The van der Waals surface area contributed by atoms with Gasteiger partial charge in [0.05, 0.1) is 26.9 Å². The fraction of sp³-hybridized carbons (Fsp3) is 0.562. The van der Waals surface area contributed by atoms with Gasteiger partial charge in [-0.15, -0.1) is 0 Å². The van der Waals surface area contributed by atoms with Crippen LogP contribution in [0.5, 0.6) is 17.2 Å². The molecule has 2 rings (SSSR count). The topological polar surface area (TPSA) is 44.8 Å². The average molecular weight is 278 g/mol. The number of carbonyl (C=O) groups excluding carboxylic acids is 1. The largest absolute Gasteiger partial charge is 0.496 e. The summed E-state index contributed by atoms with van der Waals surface area (Å²) >= 11 is 0. The van der Waals surface area contributed by atoms with E-state index in [2.05, 4.69) is 0 Å². The van der Waals surface area contributed by atoms with Gasteiger partial charge in [0.15, 0.2) is 17.3 Å². The van der Waals surface area contributed by atoms with E-state index in [1.165, 1.54) is 6.42 Å². The Labute approximate surface area is 120 Å². The Morgan fingerprint density at radius 1 is 0.900 bits per heavy atom. The highest BCUT2D eigenvalue weighted by atomic mass is 16.5. The maximum Gasteiger partial charge on any atom is 0.169 e. The van der Waals surface area contributed by atoms with Crippen molar-refractivity contribution in [1.29, 1.82) is 0 Å². The molecule has 0 aromatic heterocycles. The van der Waals surface area contributed by atoms with Crippen LogP contribution in [0.2, 0.25) is 0 Å². The minimum Gasteiger partial charge on any atom is -0.496 e. The molecule has 1 aliphatic rings. The van der Waals surface area contributed by atoms with E-state index in [-0.39, 0.29) is 11.7 Å². The van der Waals surface area contributed by atoms with Crippen LogP contribution < -0.4 is 14.2 Å². The van der Waals surface area contributed by atoms with Gasteiger partial charge in [0, 0.05) is 12.0 Å². The molecule has 1 saturated carbocycles. The second-order valence-electron chi connectivity index (χ2n) is 5.11. The lowest BCUT2D eigenvalue weighted by atomic mass is 9.83. The van der Waals surface area contributed by atoms with Gasteiger partial charge in [0.25, 0.3) is 0 Å². The summed E-state index contributed by atoms with van der Waals surface area (Å²) in [5.74, 6) is 1.95. The molecule has 1 aromatic rings. The Morgan fingerprint density at radius 3 is 2.00 bits per heavy atom. The third-order valence-electron chi connectivity index (χ3n) is 3.95. The van der Waals surface area contributed by atoms with Gasteiger partial charge in [-0.1, -0.05) is 19.3 Å². The first-order valence-corrected chi connectivity index (χ1v) is 7.05. The van der Waals surface area contributed by atoms with Gasteiger partial charge in [0.1, 0.15) is 5.75 Å². The molecule has 0 radical (unpaired) electrons. The fourth-order valence-corrected chi connectivity index (χ4v) is 2.81. The van der Waals surface area contributed by atoms with Crippen molar-refractivity contribution >= 4 is 5.78 Å². The molecule has 4 nitrogen and oxygen atoms in total. The van der Waals surface area contributed by atoms with Gasteiger partial charge < -0.3 is 14.2 Å². The number of ketones is 1. The summed E-state index contributed by atoms with van der Waals surface area (Å²) in [7, 11) is 4.71. The van der Waals surface area contributed by atoms with Gasteiger partial charge in [-0.2, -0.15) is 0 Å². The summed E-state index contributed by atoms with van der Waals surface area (Å²) in [4.78, 5) is 12.7. The van der Waals surface area contributed by atoms with Crippen LogP contribution in [0.25, 0.3) is 0 Å². The van der Waals surface area contributed by atoms with E-state index in [0.29, 0.717) is 22.8 Å². The first-order valence-electron chi connectivity index (χ1n) is 7.05. The van der Waals surface area contributed by atoms with Crippen molar-refractivity contribution in [2.75, 3.05) is 21.3 Å². The van der Waals surface area contributed by atoms with Crippen molar-refractivity contribution in [3.05, 3.63) is 17.7 Å². The quantitative estimate of drug-likeness (QED) is 0.774. The van der Waals surface area contributed by atoms with E-state index in [0.717, 1.165) is 25.7 Å². The number of rotatable bonds is 5. The summed E-state index contributed by atoms with van der Waals surface area (Å²) in [5, 5.41) is 0. The number of Topliss-reactive ketones (excluding diaryl/α,β-unsaturated/α-hetero) is 1. The molecule has 20 heavy (non-hydrogen) atoms. The first kappa shape index (κ1) is 14.7. The van der Waals surface area contributed by atoms with Crippen LogP contribution in [0, 0.1) is 5.92 Å². The number of benzene rings is 1. The number of hydrogen-bond acceptors (Lipinski definition) is 4. The number of carbonyl (C=O) groups is 1. The Kier molecular flexibility index (Phi) is 4.88. The molecule has 0 aliphatic heterocycles. The Balaban J connectivity index is 2.35. The number of ether oxygens (including phenoxy) is 3. The molecule has 0 atom stereocenters. The number of methoxy groups -OCH3 is 3. The van der Waals surface area contributed by atoms with Gasteiger partial charge in [0.2, 0.25) is 0 Å². The van der Waals surface area contributed by atoms with E-state index in [4.69, 9.17) is 14.2 Å². The molecular weight excluding hydrogens is 256 g/mol. The smallest absolute Gasteiger partial charge is 0.169 e. The molecule has 110 valence electrons. The SMILES string of the molecule is COc1cc(OC)c(C(=O)C2CCCCC2)cc1OC. The van der Waals surface area contributed by atoms with Crippen LogP contribution in [-0.4, -0.2) is 27.1 Å². The maximum atomic E-state index is 12.7. The van der Waals surface area contributed by atoms with E-state index in [9.17, 15) is 4.79 Å². The Hall–Kier alpha value is -1.71. The molecule has 0 heterocycles. The minimum absolute atomic E-state index is 0.107. The van der Waals surface area contributed by atoms with Gasteiger partial charge in [-0.3, -0.25) is 4.79 Å². The summed E-state index contributed by atoms with van der Waals surface area (Å²) in [6.45, 7) is 0.